The summed E-state index contributed by atoms with van der Waals surface area (Å²) in [6.45, 7) is 6.27. The first-order valence-corrected chi connectivity index (χ1v) is 7.11. The van der Waals surface area contributed by atoms with Gasteiger partial charge in [0.1, 0.15) is 6.10 Å². The lowest BCUT2D eigenvalue weighted by Gasteiger charge is -2.29. The van der Waals surface area contributed by atoms with E-state index in [1.54, 1.807) is 13.8 Å². The molecule has 20 heavy (non-hydrogen) atoms. The molecule has 0 aliphatic carbocycles. The summed E-state index contributed by atoms with van der Waals surface area (Å²) in [5, 5.41) is 10.3. The van der Waals surface area contributed by atoms with Gasteiger partial charge in [0.25, 0.3) is 0 Å². The summed E-state index contributed by atoms with van der Waals surface area (Å²) in [7, 11) is 0. The highest BCUT2D eigenvalue weighted by atomic mass is 35.5. The van der Waals surface area contributed by atoms with E-state index in [0.717, 1.165) is 18.8 Å². The third-order valence-electron chi connectivity index (χ3n) is 3.63. The van der Waals surface area contributed by atoms with Crippen LogP contribution in [0.1, 0.15) is 19.5 Å². The number of aromatic nitrogens is 2. The zero-order valence-corrected chi connectivity index (χ0v) is 12.4. The molecule has 1 N–H and O–H groups in total. The van der Waals surface area contributed by atoms with Crippen LogP contribution >= 0.6 is 11.6 Å². The number of nitrogens with zero attached hydrogens (tertiary/aromatic N) is 3. The van der Waals surface area contributed by atoms with Crippen LogP contribution < -0.4 is 9.64 Å². The van der Waals surface area contributed by atoms with Gasteiger partial charge in [-0.2, -0.15) is 4.98 Å². The van der Waals surface area contributed by atoms with Gasteiger partial charge in [0.05, 0.1) is 24.5 Å². The number of aliphatic hydroxyl groups is 1. The van der Waals surface area contributed by atoms with Crippen molar-refractivity contribution in [2.45, 2.75) is 32.0 Å². The van der Waals surface area contributed by atoms with E-state index in [4.69, 9.17) is 21.1 Å². The third kappa shape index (κ3) is 2.55. The van der Waals surface area contributed by atoms with Crippen molar-refractivity contribution in [2.75, 3.05) is 31.2 Å². The van der Waals surface area contributed by atoms with E-state index in [0.29, 0.717) is 31.2 Å². The Morgan fingerprint density at radius 2 is 2.00 bits per heavy atom. The lowest BCUT2D eigenvalue weighted by atomic mass is 9.99. The van der Waals surface area contributed by atoms with Crippen LogP contribution in [-0.2, 0) is 11.2 Å². The predicted molar refractivity (Wildman–Crippen MR) is 74.5 cm³/mol. The number of fused-ring (bicyclic) bond motifs is 1. The summed E-state index contributed by atoms with van der Waals surface area (Å²) in [6.07, 6.45) is 0.211. The molecule has 1 saturated heterocycles. The Kier molecular flexibility index (Phi) is 3.48. The fraction of sp³-hybridized carbons (Fsp3) is 0.692. The Balaban J connectivity index is 1.94. The Morgan fingerprint density at radius 3 is 2.65 bits per heavy atom. The van der Waals surface area contributed by atoms with Crippen LogP contribution in [0.25, 0.3) is 0 Å². The van der Waals surface area contributed by atoms with E-state index >= 15 is 0 Å². The van der Waals surface area contributed by atoms with Crippen molar-refractivity contribution in [1.29, 1.82) is 0 Å². The lowest BCUT2D eigenvalue weighted by molar-refractivity contribution is -0.0229. The number of rotatable bonds is 2. The van der Waals surface area contributed by atoms with Gasteiger partial charge in [-0.05, 0) is 25.4 Å². The fourth-order valence-electron chi connectivity index (χ4n) is 2.46. The minimum absolute atomic E-state index is 0.213. The average molecular weight is 300 g/mol. The second-order valence-corrected chi connectivity index (χ2v) is 5.99. The van der Waals surface area contributed by atoms with Crippen LogP contribution in [0.5, 0.6) is 5.75 Å². The van der Waals surface area contributed by atoms with Gasteiger partial charge in [-0.3, -0.25) is 0 Å². The molecule has 0 amide bonds. The highest BCUT2D eigenvalue weighted by Crippen LogP contribution is 2.39. The van der Waals surface area contributed by atoms with E-state index in [1.807, 2.05) is 0 Å². The molecule has 3 rings (SSSR count). The standard InChI is InChI=1S/C13H18ClN3O3/c1-13(2,18)9-7-8-10(20-9)11(16-12(14)15-8)17-3-5-19-6-4-17/h9,18H,3-7H2,1-2H3. The van der Waals surface area contributed by atoms with E-state index in [1.165, 1.54) is 0 Å². The van der Waals surface area contributed by atoms with Gasteiger partial charge in [0.2, 0.25) is 5.28 Å². The molecule has 6 nitrogen and oxygen atoms in total. The van der Waals surface area contributed by atoms with Crippen LogP contribution in [0.15, 0.2) is 0 Å². The first-order chi connectivity index (χ1) is 9.45. The molecule has 2 aliphatic heterocycles. The van der Waals surface area contributed by atoms with Gasteiger partial charge in [-0.15, -0.1) is 0 Å². The maximum atomic E-state index is 10.1. The molecule has 1 fully saturated rings. The quantitative estimate of drug-likeness (QED) is 0.823. The summed E-state index contributed by atoms with van der Waals surface area (Å²) in [5.74, 6) is 1.35. The van der Waals surface area contributed by atoms with E-state index in [2.05, 4.69) is 14.9 Å². The number of hydrogen-bond donors (Lipinski definition) is 1. The second-order valence-electron chi connectivity index (χ2n) is 5.66. The van der Waals surface area contributed by atoms with E-state index < -0.39 is 5.60 Å². The van der Waals surface area contributed by atoms with Crippen molar-refractivity contribution < 1.29 is 14.6 Å². The number of halogens is 1. The van der Waals surface area contributed by atoms with Gasteiger partial charge < -0.3 is 19.5 Å². The smallest absolute Gasteiger partial charge is 0.224 e. The number of morpholine rings is 1. The van der Waals surface area contributed by atoms with Crippen LogP contribution in [0.4, 0.5) is 5.82 Å². The minimum atomic E-state index is -0.935. The zero-order valence-electron chi connectivity index (χ0n) is 11.6. The molecule has 1 atom stereocenters. The zero-order chi connectivity index (χ0) is 14.3. The molecule has 7 heteroatoms. The first-order valence-electron chi connectivity index (χ1n) is 6.73. The summed E-state index contributed by atoms with van der Waals surface area (Å²) >= 11 is 6.01. The van der Waals surface area contributed by atoms with Crippen molar-refractivity contribution in [3.63, 3.8) is 0 Å². The van der Waals surface area contributed by atoms with Gasteiger partial charge in [0.15, 0.2) is 11.6 Å². The maximum absolute atomic E-state index is 10.1. The van der Waals surface area contributed by atoms with Crippen molar-refractivity contribution in [1.82, 2.24) is 9.97 Å². The molecule has 0 saturated carbocycles. The Hall–Kier alpha value is -1.11. The minimum Gasteiger partial charge on any atom is -0.481 e. The molecule has 0 aromatic carbocycles. The number of hydrogen-bond acceptors (Lipinski definition) is 6. The van der Waals surface area contributed by atoms with Crippen LogP contribution in [0, 0.1) is 0 Å². The van der Waals surface area contributed by atoms with Gasteiger partial charge in [-0.25, -0.2) is 4.98 Å². The molecule has 2 aliphatic rings. The highest BCUT2D eigenvalue weighted by molar-refractivity contribution is 6.28. The predicted octanol–water partition coefficient (Wildman–Crippen LogP) is 1.04. The SMILES string of the molecule is CC(C)(O)C1Cc2nc(Cl)nc(N3CCOCC3)c2O1. The Bertz CT molecular complexity index is 512. The second kappa shape index (κ2) is 5.02. The normalized spacial score (nSPS) is 22.6. The van der Waals surface area contributed by atoms with Gasteiger partial charge in [-0.1, -0.05) is 0 Å². The topological polar surface area (TPSA) is 67.7 Å². The molecule has 1 unspecified atom stereocenters. The Labute approximate surface area is 122 Å². The molecule has 1 aromatic rings. The lowest BCUT2D eigenvalue weighted by Crippen LogP contribution is -2.40. The molecule has 0 radical (unpaired) electrons. The molecule has 0 spiro atoms. The first kappa shape index (κ1) is 13.9. The van der Waals surface area contributed by atoms with Crippen LogP contribution in [-0.4, -0.2) is 53.1 Å². The van der Waals surface area contributed by atoms with Crippen LogP contribution in [0.3, 0.4) is 0 Å². The van der Waals surface area contributed by atoms with Crippen molar-refractivity contribution in [3.8, 4) is 5.75 Å². The van der Waals surface area contributed by atoms with Crippen LogP contribution in [0.2, 0.25) is 5.28 Å². The number of ether oxygens (including phenoxy) is 2. The summed E-state index contributed by atoms with van der Waals surface area (Å²) in [5.41, 5.74) is -0.172. The van der Waals surface area contributed by atoms with Crippen molar-refractivity contribution in [2.24, 2.45) is 0 Å². The molecule has 1 aromatic heterocycles. The fourth-order valence-corrected chi connectivity index (χ4v) is 2.64. The molecule has 3 heterocycles. The monoisotopic (exact) mass is 299 g/mol. The van der Waals surface area contributed by atoms with Crippen molar-refractivity contribution >= 4 is 17.4 Å². The highest BCUT2D eigenvalue weighted by Gasteiger charge is 2.38. The molecular weight excluding hydrogens is 282 g/mol. The van der Waals surface area contributed by atoms with E-state index in [9.17, 15) is 5.11 Å². The summed E-state index contributed by atoms with van der Waals surface area (Å²) < 4.78 is 11.2. The maximum Gasteiger partial charge on any atom is 0.224 e. The molecule has 0 bridgehead atoms. The summed E-state index contributed by atoms with van der Waals surface area (Å²) in [4.78, 5) is 10.6. The third-order valence-corrected chi connectivity index (χ3v) is 3.80. The Morgan fingerprint density at radius 1 is 1.30 bits per heavy atom. The summed E-state index contributed by atoms with van der Waals surface area (Å²) in [6, 6.07) is 0. The van der Waals surface area contributed by atoms with Crippen molar-refractivity contribution in [3.05, 3.63) is 11.0 Å². The number of anilines is 1. The van der Waals surface area contributed by atoms with E-state index in [-0.39, 0.29) is 11.4 Å². The largest absolute Gasteiger partial charge is 0.481 e. The molecular formula is C13H18ClN3O3. The molecule has 110 valence electrons. The van der Waals surface area contributed by atoms with Gasteiger partial charge in [0, 0.05) is 19.5 Å². The average Bonchev–Trinajstić information content (AvgIpc) is 2.82. The van der Waals surface area contributed by atoms with Gasteiger partial charge >= 0.3 is 0 Å².